The summed E-state index contributed by atoms with van der Waals surface area (Å²) in [7, 11) is 0. The van der Waals surface area contributed by atoms with Crippen molar-refractivity contribution in [2.45, 2.75) is 53.2 Å². The van der Waals surface area contributed by atoms with Crippen molar-refractivity contribution in [3.05, 3.63) is 83.4 Å². The van der Waals surface area contributed by atoms with Crippen LogP contribution in [-0.2, 0) is 24.2 Å². The second-order valence-corrected chi connectivity index (χ2v) is 10.5. The number of nitrogens with two attached hydrogens (primary N) is 1. The summed E-state index contributed by atoms with van der Waals surface area (Å²) in [5, 5.41) is 2.60. The van der Waals surface area contributed by atoms with Crippen LogP contribution < -0.4 is 25.6 Å². The van der Waals surface area contributed by atoms with E-state index in [-0.39, 0.29) is 12.0 Å². The molecule has 2 aliphatic heterocycles. The SMILES string of the molecule is CC.CC(C)Oc1ccccc1N1CCN(Cc2cccc(CC(=O)N3CCc4ccc(NC(N)=O)cc43)c2)CC1. The van der Waals surface area contributed by atoms with Crippen LogP contribution in [0.25, 0.3) is 0 Å². The van der Waals surface area contributed by atoms with E-state index < -0.39 is 6.03 Å². The van der Waals surface area contributed by atoms with Gasteiger partial charge < -0.3 is 25.6 Å². The summed E-state index contributed by atoms with van der Waals surface area (Å²) in [4.78, 5) is 31.2. The number of anilines is 3. The van der Waals surface area contributed by atoms with Crippen LogP contribution in [0.4, 0.5) is 21.9 Å². The van der Waals surface area contributed by atoms with Crippen LogP contribution in [0.5, 0.6) is 5.75 Å². The van der Waals surface area contributed by atoms with Crippen molar-refractivity contribution in [1.82, 2.24) is 4.90 Å². The minimum Gasteiger partial charge on any atom is -0.489 e. The van der Waals surface area contributed by atoms with Gasteiger partial charge in [-0.15, -0.1) is 0 Å². The zero-order valence-corrected chi connectivity index (χ0v) is 24.7. The lowest BCUT2D eigenvalue weighted by Gasteiger charge is -2.37. The number of fused-ring (bicyclic) bond motifs is 1. The predicted octanol–water partition coefficient (Wildman–Crippen LogP) is 5.44. The lowest BCUT2D eigenvalue weighted by molar-refractivity contribution is -0.117. The summed E-state index contributed by atoms with van der Waals surface area (Å²) >= 11 is 0. The van der Waals surface area contributed by atoms with E-state index in [1.807, 2.05) is 61.2 Å². The number of nitrogens with zero attached hydrogens (tertiary/aromatic N) is 3. The minimum absolute atomic E-state index is 0.0537. The zero-order chi connectivity index (χ0) is 29.4. The van der Waals surface area contributed by atoms with Gasteiger partial charge in [-0.25, -0.2) is 4.79 Å². The summed E-state index contributed by atoms with van der Waals surface area (Å²) in [5.74, 6) is 0.998. The number of primary amides is 1. The highest BCUT2D eigenvalue weighted by Gasteiger charge is 2.25. The Bertz CT molecular complexity index is 1330. The lowest BCUT2D eigenvalue weighted by atomic mass is 10.1. The van der Waals surface area contributed by atoms with Gasteiger partial charge in [-0.2, -0.15) is 0 Å². The highest BCUT2D eigenvalue weighted by atomic mass is 16.5. The normalized spacial score (nSPS) is 14.8. The van der Waals surface area contributed by atoms with Crippen molar-refractivity contribution in [2.75, 3.05) is 47.8 Å². The molecule has 3 aromatic carbocycles. The van der Waals surface area contributed by atoms with Crippen molar-refractivity contribution in [2.24, 2.45) is 5.73 Å². The number of carbonyl (C=O) groups is 2. The molecule has 0 aliphatic carbocycles. The van der Waals surface area contributed by atoms with Gasteiger partial charge in [0.05, 0.1) is 18.2 Å². The topological polar surface area (TPSA) is 91.1 Å². The fourth-order valence-electron chi connectivity index (χ4n) is 5.44. The summed E-state index contributed by atoms with van der Waals surface area (Å²) < 4.78 is 6.04. The maximum atomic E-state index is 13.3. The standard InChI is InChI=1S/C31H37N5O3.C2H6/c1-22(2)39-29-9-4-3-8-27(29)35-16-14-34(15-17-35)21-24-7-5-6-23(18-24)19-30(37)36-13-12-25-10-11-26(20-28(25)36)33-31(32)38;1-2/h3-11,18,20,22H,12-17,19,21H2,1-2H3,(H3,32,33,38);1-2H3. The van der Waals surface area contributed by atoms with Crippen LogP contribution in [0.3, 0.4) is 0 Å². The molecule has 0 unspecified atom stereocenters. The number of para-hydroxylation sites is 2. The third kappa shape index (κ3) is 7.79. The first-order chi connectivity index (χ1) is 19.9. The Morgan fingerprint density at radius 1 is 0.878 bits per heavy atom. The molecule has 2 aliphatic rings. The first-order valence-electron chi connectivity index (χ1n) is 14.7. The van der Waals surface area contributed by atoms with E-state index in [0.717, 1.165) is 67.4 Å². The van der Waals surface area contributed by atoms with Gasteiger partial charge in [0.15, 0.2) is 0 Å². The Morgan fingerprint density at radius 2 is 1.61 bits per heavy atom. The van der Waals surface area contributed by atoms with E-state index in [9.17, 15) is 9.59 Å². The number of urea groups is 1. The molecule has 1 saturated heterocycles. The van der Waals surface area contributed by atoms with E-state index >= 15 is 0 Å². The van der Waals surface area contributed by atoms with Crippen LogP contribution in [0.2, 0.25) is 0 Å². The Hall–Kier alpha value is -4.04. The number of carbonyl (C=O) groups excluding carboxylic acids is 2. The fourth-order valence-corrected chi connectivity index (χ4v) is 5.44. The third-order valence-electron chi connectivity index (χ3n) is 7.24. The molecule has 2 heterocycles. The molecular weight excluding hydrogens is 514 g/mol. The molecule has 0 atom stereocenters. The molecule has 41 heavy (non-hydrogen) atoms. The predicted molar refractivity (Wildman–Crippen MR) is 167 cm³/mol. The monoisotopic (exact) mass is 557 g/mol. The van der Waals surface area contributed by atoms with Gasteiger partial charge in [-0.05, 0) is 61.2 Å². The summed E-state index contributed by atoms with van der Waals surface area (Å²) in [6.07, 6.45) is 1.28. The average Bonchev–Trinajstić information content (AvgIpc) is 3.38. The van der Waals surface area contributed by atoms with Crippen molar-refractivity contribution < 1.29 is 14.3 Å². The molecule has 218 valence electrons. The number of hydrogen-bond donors (Lipinski definition) is 2. The van der Waals surface area contributed by atoms with Gasteiger partial charge in [-0.3, -0.25) is 9.69 Å². The van der Waals surface area contributed by atoms with Gasteiger partial charge in [0.1, 0.15) is 5.75 Å². The Balaban J connectivity index is 0.00000189. The lowest BCUT2D eigenvalue weighted by Crippen LogP contribution is -2.46. The highest BCUT2D eigenvalue weighted by Crippen LogP contribution is 2.32. The number of nitrogens with one attached hydrogen (secondary N) is 1. The summed E-state index contributed by atoms with van der Waals surface area (Å²) in [6.45, 7) is 13.4. The maximum Gasteiger partial charge on any atom is 0.316 e. The first kappa shape index (κ1) is 29.9. The number of rotatable bonds is 8. The van der Waals surface area contributed by atoms with E-state index in [0.29, 0.717) is 18.7 Å². The van der Waals surface area contributed by atoms with Gasteiger partial charge in [-0.1, -0.05) is 56.3 Å². The molecular formula is C33H43N5O3. The molecule has 0 saturated carbocycles. The van der Waals surface area contributed by atoms with E-state index in [1.165, 1.54) is 5.56 Å². The van der Waals surface area contributed by atoms with E-state index in [4.69, 9.17) is 10.5 Å². The number of amides is 3. The molecule has 3 amide bonds. The van der Waals surface area contributed by atoms with Crippen LogP contribution in [0.1, 0.15) is 44.4 Å². The minimum atomic E-state index is -0.617. The average molecular weight is 558 g/mol. The molecule has 0 radical (unpaired) electrons. The van der Waals surface area contributed by atoms with Crippen LogP contribution in [0, 0.1) is 0 Å². The maximum absolute atomic E-state index is 13.3. The van der Waals surface area contributed by atoms with Gasteiger partial charge in [0.25, 0.3) is 0 Å². The molecule has 3 aromatic rings. The second kappa shape index (κ2) is 14.0. The Morgan fingerprint density at radius 3 is 2.34 bits per heavy atom. The van der Waals surface area contributed by atoms with Crippen molar-refractivity contribution in [1.29, 1.82) is 0 Å². The largest absolute Gasteiger partial charge is 0.489 e. The summed E-state index contributed by atoms with van der Waals surface area (Å²) in [5.41, 5.74) is 11.2. The summed E-state index contributed by atoms with van der Waals surface area (Å²) in [6, 6.07) is 21.6. The smallest absolute Gasteiger partial charge is 0.316 e. The van der Waals surface area contributed by atoms with Crippen LogP contribution in [-0.4, -0.2) is 55.7 Å². The van der Waals surface area contributed by atoms with E-state index in [1.54, 1.807) is 0 Å². The molecule has 8 nitrogen and oxygen atoms in total. The number of benzene rings is 3. The number of hydrogen-bond acceptors (Lipinski definition) is 5. The van der Waals surface area contributed by atoms with Crippen LogP contribution in [0.15, 0.2) is 66.7 Å². The number of piperazine rings is 1. The molecule has 0 spiro atoms. The first-order valence-corrected chi connectivity index (χ1v) is 14.7. The van der Waals surface area contributed by atoms with Gasteiger partial charge >= 0.3 is 6.03 Å². The molecule has 5 rings (SSSR count). The molecule has 8 heteroatoms. The van der Waals surface area contributed by atoms with Crippen molar-refractivity contribution in [3.63, 3.8) is 0 Å². The quantitative estimate of drug-likeness (QED) is 0.385. The Labute approximate surface area is 244 Å². The third-order valence-corrected chi connectivity index (χ3v) is 7.24. The van der Waals surface area contributed by atoms with Gasteiger partial charge in [0, 0.05) is 50.6 Å². The van der Waals surface area contributed by atoms with Crippen LogP contribution >= 0.6 is 0 Å². The highest BCUT2D eigenvalue weighted by molar-refractivity contribution is 5.98. The van der Waals surface area contributed by atoms with Crippen molar-refractivity contribution in [3.8, 4) is 5.75 Å². The van der Waals surface area contributed by atoms with Gasteiger partial charge in [0.2, 0.25) is 5.91 Å². The molecule has 0 bridgehead atoms. The van der Waals surface area contributed by atoms with E-state index in [2.05, 4.69) is 53.2 Å². The molecule has 1 fully saturated rings. The molecule has 0 aromatic heterocycles. The fraction of sp³-hybridized carbons (Fsp3) is 0.394. The number of ether oxygens (including phenoxy) is 1. The Kier molecular flexibility index (Phi) is 10.2. The molecule has 3 N–H and O–H groups in total. The second-order valence-electron chi connectivity index (χ2n) is 10.5. The zero-order valence-electron chi connectivity index (χ0n) is 24.7. The van der Waals surface area contributed by atoms with Crippen molar-refractivity contribution >= 4 is 29.0 Å².